The molecule has 1 aliphatic heterocycles. The zero-order valence-corrected chi connectivity index (χ0v) is 5.22. The Balaban J connectivity index is 2.34. The van der Waals surface area contributed by atoms with Gasteiger partial charge in [0.25, 0.3) is 0 Å². The van der Waals surface area contributed by atoms with E-state index in [0.29, 0.717) is 0 Å². The molecule has 0 spiro atoms. The Morgan fingerprint density at radius 3 is 2.64 bits per heavy atom. The molecule has 1 aliphatic rings. The van der Waals surface area contributed by atoms with Crippen molar-refractivity contribution in [2.24, 2.45) is 0 Å². The smallest absolute Gasteiger partial charge is 0.435 e. The third-order valence-electron chi connectivity index (χ3n) is 0.990. The first-order valence-corrected chi connectivity index (χ1v) is 2.76. The summed E-state index contributed by atoms with van der Waals surface area (Å²) in [6.45, 7) is 0. The van der Waals surface area contributed by atoms with Gasteiger partial charge in [-0.2, -0.15) is 0 Å². The molecular weight excluding hydrogens is 165 g/mol. The summed E-state index contributed by atoms with van der Waals surface area (Å²) < 4.78 is 41.7. The predicted octanol–water partition coefficient (Wildman–Crippen LogP) is 1.00. The Morgan fingerprint density at radius 2 is 2.27 bits per heavy atom. The molecule has 0 aromatic rings. The van der Waals surface area contributed by atoms with E-state index in [1.807, 2.05) is 0 Å². The molecule has 63 valence electrons. The number of cyclic esters (lactones) is 1. The first-order chi connectivity index (χ1) is 4.97. The van der Waals surface area contributed by atoms with Crippen molar-refractivity contribution in [3.05, 3.63) is 6.42 Å². The maximum atomic E-state index is 11.4. The highest BCUT2D eigenvalue weighted by Crippen LogP contribution is 2.24. The summed E-state index contributed by atoms with van der Waals surface area (Å²) in [5.41, 5.74) is 0. The lowest BCUT2D eigenvalue weighted by Crippen LogP contribution is -2.23. The van der Waals surface area contributed by atoms with Crippen LogP contribution < -0.4 is 0 Å². The van der Waals surface area contributed by atoms with E-state index in [1.165, 1.54) is 0 Å². The number of hydrogen-bond donors (Lipinski definition) is 0. The number of carbonyl (C=O) groups is 1. The van der Waals surface area contributed by atoms with E-state index < -0.39 is 18.6 Å². The van der Waals surface area contributed by atoms with Crippen LogP contribution in [0.1, 0.15) is 6.42 Å². The van der Waals surface area contributed by atoms with Gasteiger partial charge in [-0.15, -0.1) is 13.2 Å². The number of rotatable bonds is 1. The highest BCUT2D eigenvalue weighted by molar-refractivity contribution is 5.80. The summed E-state index contributed by atoms with van der Waals surface area (Å²) in [4.78, 5) is 10.2. The van der Waals surface area contributed by atoms with Gasteiger partial charge in [0.15, 0.2) is 0 Å². The van der Waals surface area contributed by atoms with Crippen LogP contribution in [-0.4, -0.2) is 18.6 Å². The first-order valence-electron chi connectivity index (χ1n) is 2.76. The van der Waals surface area contributed by atoms with Crippen LogP contribution in [0.4, 0.5) is 13.2 Å². The maximum Gasteiger partial charge on any atom is 0.525 e. The maximum absolute atomic E-state index is 11.4. The van der Waals surface area contributed by atoms with Crippen molar-refractivity contribution in [2.45, 2.75) is 19.1 Å². The predicted molar refractivity (Wildman–Crippen MR) is 25.9 cm³/mol. The normalized spacial score (nSPS) is 25.4. The molecule has 0 amide bonds. The van der Waals surface area contributed by atoms with Gasteiger partial charge < -0.3 is 4.74 Å². The minimum atomic E-state index is -4.75. The van der Waals surface area contributed by atoms with Crippen LogP contribution in [0.25, 0.3) is 0 Å². The quantitative estimate of drug-likeness (QED) is 0.549. The van der Waals surface area contributed by atoms with Crippen LogP contribution in [0.3, 0.4) is 0 Å². The summed E-state index contributed by atoms with van der Waals surface area (Å²) >= 11 is 0. The molecule has 0 aromatic carbocycles. The molecule has 0 aliphatic carbocycles. The molecule has 11 heavy (non-hydrogen) atoms. The van der Waals surface area contributed by atoms with Crippen molar-refractivity contribution in [3.8, 4) is 0 Å². The molecule has 1 rings (SSSR count). The number of ether oxygens (including phenoxy) is 2. The first kappa shape index (κ1) is 8.32. The van der Waals surface area contributed by atoms with Gasteiger partial charge in [0, 0.05) is 6.42 Å². The summed E-state index contributed by atoms with van der Waals surface area (Å²) in [6, 6.07) is 0. The number of esters is 1. The van der Waals surface area contributed by atoms with Gasteiger partial charge >= 0.3 is 12.3 Å². The lowest BCUT2D eigenvalue weighted by molar-refractivity contribution is -0.368. The largest absolute Gasteiger partial charge is 0.525 e. The van der Waals surface area contributed by atoms with Crippen LogP contribution in [-0.2, 0) is 14.3 Å². The molecule has 1 heterocycles. The topological polar surface area (TPSA) is 35.5 Å². The third-order valence-corrected chi connectivity index (χ3v) is 0.990. The van der Waals surface area contributed by atoms with Crippen LogP contribution in [0.2, 0.25) is 0 Å². The standard InChI is InChI=1S/C5H4F3O3/c6-5(7,8)11-4-2-1-3(9)10-4/h1,4H,2H2. The molecule has 0 bridgehead atoms. The van der Waals surface area contributed by atoms with E-state index in [4.69, 9.17) is 0 Å². The molecule has 3 nitrogen and oxygen atoms in total. The Morgan fingerprint density at radius 1 is 1.64 bits per heavy atom. The summed E-state index contributed by atoms with van der Waals surface area (Å²) in [5, 5.41) is 0. The van der Waals surface area contributed by atoms with Crippen LogP contribution >= 0.6 is 0 Å². The van der Waals surface area contributed by atoms with E-state index in [9.17, 15) is 18.0 Å². The Kier molecular flexibility index (Phi) is 2.03. The van der Waals surface area contributed by atoms with Gasteiger partial charge in [-0.1, -0.05) is 0 Å². The molecule has 1 atom stereocenters. The molecule has 6 heteroatoms. The minimum absolute atomic E-state index is 0.154. The molecule has 1 unspecified atom stereocenters. The fourth-order valence-electron chi connectivity index (χ4n) is 0.639. The second-order valence-corrected chi connectivity index (χ2v) is 1.87. The molecular formula is C5H4F3O3. The average molecular weight is 169 g/mol. The van der Waals surface area contributed by atoms with Gasteiger partial charge in [-0.25, -0.2) is 0 Å². The highest BCUT2D eigenvalue weighted by Gasteiger charge is 2.37. The van der Waals surface area contributed by atoms with Crippen molar-refractivity contribution < 1.29 is 27.4 Å². The molecule has 1 radical (unpaired) electrons. The van der Waals surface area contributed by atoms with Gasteiger partial charge in [0.1, 0.15) is 0 Å². The van der Waals surface area contributed by atoms with Crippen molar-refractivity contribution in [1.29, 1.82) is 0 Å². The second kappa shape index (κ2) is 2.69. The molecule has 0 N–H and O–H groups in total. The van der Waals surface area contributed by atoms with E-state index in [1.54, 1.807) is 0 Å². The fraction of sp³-hybridized carbons (Fsp3) is 0.600. The van der Waals surface area contributed by atoms with Crippen molar-refractivity contribution >= 4 is 5.97 Å². The minimum Gasteiger partial charge on any atom is -0.435 e. The number of carbonyl (C=O) groups excluding carboxylic acids is 1. The van der Waals surface area contributed by atoms with Gasteiger partial charge in [-0.3, -0.25) is 9.53 Å². The van der Waals surface area contributed by atoms with Crippen LogP contribution in [0, 0.1) is 6.42 Å². The summed E-state index contributed by atoms with van der Waals surface area (Å²) in [7, 11) is 0. The summed E-state index contributed by atoms with van der Waals surface area (Å²) in [5.74, 6) is -0.778. The van der Waals surface area contributed by atoms with Gasteiger partial charge in [0.2, 0.25) is 6.29 Å². The van der Waals surface area contributed by atoms with Crippen LogP contribution in [0.5, 0.6) is 0 Å². The van der Waals surface area contributed by atoms with E-state index >= 15 is 0 Å². The number of alkyl halides is 3. The highest BCUT2D eigenvalue weighted by atomic mass is 19.4. The second-order valence-electron chi connectivity index (χ2n) is 1.87. The zero-order valence-electron chi connectivity index (χ0n) is 5.22. The summed E-state index contributed by atoms with van der Waals surface area (Å²) in [6.07, 6.45) is -5.40. The zero-order chi connectivity index (χ0) is 8.48. The number of halogens is 3. The van der Waals surface area contributed by atoms with E-state index in [2.05, 4.69) is 9.47 Å². The molecule has 0 aromatic heterocycles. The van der Waals surface area contributed by atoms with Gasteiger partial charge in [0.05, 0.1) is 6.42 Å². The van der Waals surface area contributed by atoms with E-state index in [-0.39, 0.29) is 6.42 Å². The van der Waals surface area contributed by atoms with Crippen molar-refractivity contribution in [1.82, 2.24) is 0 Å². The molecule has 0 saturated carbocycles. The molecule has 1 fully saturated rings. The molecule has 1 saturated heterocycles. The lowest BCUT2D eigenvalue weighted by atomic mass is 10.3. The third kappa shape index (κ3) is 2.75. The number of hydrogen-bond acceptors (Lipinski definition) is 3. The fourth-order valence-corrected chi connectivity index (χ4v) is 0.639. The van der Waals surface area contributed by atoms with Crippen molar-refractivity contribution in [2.75, 3.05) is 0 Å². The lowest BCUT2D eigenvalue weighted by Gasteiger charge is -2.11. The van der Waals surface area contributed by atoms with Crippen LogP contribution in [0.15, 0.2) is 0 Å². The Labute approximate surface area is 60.1 Å². The van der Waals surface area contributed by atoms with Gasteiger partial charge in [-0.05, 0) is 0 Å². The Hall–Kier alpha value is -0.780. The van der Waals surface area contributed by atoms with Crippen molar-refractivity contribution in [3.63, 3.8) is 0 Å². The monoisotopic (exact) mass is 169 g/mol. The van der Waals surface area contributed by atoms with E-state index in [0.717, 1.165) is 6.42 Å². The SMILES string of the molecule is O=C1[CH]CC(OC(F)(F)F)O1. The Bertz CT molecular complexity index is 165. The average Bonchev–Trinajstić information content (AvgIpc) is 2.10.